The van der Waals surface area contributed by atoms with Crippen molar-refractivity contribution in [3.05, 3.63) is 63.1 Å². The highest BCUT2D eigenvalue weighted by molar-refractivity contribution is 8.18. The fourth-order valence-electron chi connectivity index (χ4n) is 4.29. The number of amides is 2. The zero-order chi connectivity index (χ0) is 26.7. The number of anilines is 1. The molecule has 0 bridgehead atoms. The molecule has 38 heavy (non-hydrogen) atoms. The number of hydrogen-bond donors (Lipinski definition) is 2. The van der Waals surface area contributed by atoms with Crippen LogP contribution in [0.25, 0.3) is 17.3 Å². The number of rotatable bonds is 7. The Bertz CT molecular complexity index is 1360. The van der Waals surface area contributed by atoms with Gasteiger partial charge in [0.05, 0.1) is 27.6 Å². The van der Waals surface area contributed by atoms with Gasteiger partial charge in [0.25, 0.3) is 11.1 Å². The van der Waals surface area contributed by atoms with Crippen LogP contribution in [0, 0.1) is 5.92 Å². The van der Waals surface area contributed by atoms with Gasteiger partial charge in [-0.15, -0.1) is 0 Å². The van der Waals surface area contributed by atoms with Gasteiger partial charge in [-0.3, -0.25) is 19.9 Å². The lowest BCUT2D eigenvalue weighted by molar-refractivity contribution is -0.137. The van der Waals surface area contributed by atoms with Crippen LogP contribution < -0.4 is 15.5 Å². The average Bonchev–Trinajstić information content (AvgIpc) is 3.54. The number of thiophene rings is 1. The number of hydrogen-bond acceptors (Lipinski definition) is 9. The number of imide groups is 1. The Morgan fingerprint density at radius 2 is 1.97 bits per heavy atom. The van der Waals surface area contributed by atoms with Crippen LogP contribution in [-0.2, 0) is 17.5 Å². The minimum Gasteiger partial charge on any atom is -0.341 e. The van der Waals surface area contributed by atoms with E-state index < -0.39 is 22.9 Å². The summed E-state index contributed by atoms with van der Waals surface area (Å²) in [5, 5.41) is 8.70. The van der Waals surface area contributed by atoms with Crippen molar-refractivity contribution in [3.63, 3.8) is 0 Å². The fraction of sp³-hybridized carbons (Fsp3) is 0.320. The molecule has 2 fully saturated rings. The van der Waals surface area contributed by atoms with Gasteiger partial charge in [0.2, 0.25) is 5.95 Å². The van der Waals surface area contributed by atoms with Gasteiger partial charge in [0, 0.05) is 36.8 Å². The molecule has 0 radical (unpaired) electrons. The van der Waals surface area contributed by atoms with Gasteiger partial charge in [-0.1, -0.05) is 0 Å². The fourth-order valence-corrected chi connectivity index (χ4v) is 5.61. The van der Waals surface area contributed by atoms with Gasteiger partial charge < -0.3 is 10.2 Å². The second-order valence-corrected chi connectivity index (χ2v) is 10.7. The highest BCUT2D eigenvalue weighted by Gasteiger charge is 2.32. The summed E-state index contributed by atoms with van der Waals surface area (Å²) in [7, 11) is 0. The Balaban J connectivity index is 1.16. The molecule has 0 atom stereocenters. The van der Waals surface area contributed by atoms with Gasteiger partial charge in [-0.2, -0.15) is 24.5 Å². The van der Waals surface area contributed by atoms with E-state index in [1.54, 1.807) is 29.8 Å². The molecule has 0 saturated carbocycles. The van der Waals surface area contributed by atoms with E-state index in [9.17, 15) is 22.8 Å². The first-order valence-corrected chi connectivity index (χ1v) is 13.6. The van der Waals surface area contributed by atoms with Crippen molar-refractivity contribution < 1.29 is 22.8 Å². The Morgan fingerprint density at radius 1 is 1.16 bits per heavy atom. The van der Waals surface area contributed by atoms with Gasteiger partial charge in [0.1, 0.15) is 0 Å². The van der Waals surface area contributed by atoms with Crippen LogP contribution in [0.15, 0.2) is 46.1 Å². The third-order valence-electron chi connectivity index (χ3n) is 6.24. The van der Waals surface area contributed by atoms with Gasteiger partial charge in [-0.05, 0) is 72.8 Å². The maximum Gasteiger partial charge on any atom is 0.416 e. The lowest BCUT2D eigenvalue weighted by atomic mass is 9.97. The van der Waals surface area contributed by atoms with Crippen LogP contribution in [0.1, 0.15) is 29.8 Å². The lowest BCUT2D eigenvalue weighted by Crippen LogP contribution is -2.38. The van der Waals surface area contributed by atoms with Gasteiger partial charge in [-0.25, -0.2) is 9.97 Å². The van der Waals surface area contributed by atoms with Gasteiger partial charge >= 0.3 is 6.18 Å². The van der Waals surface area contributed by atoms with Crippen molar-refractivity contribution in [2.45, 2.75) is 25.6 Å². The summed E-state index contributed by atoms with van der Waals surface area (Å²) in [6.45, 7) is 2.36. The maximum absolute atomic E-state index is 13.4. The number of piperidine rings is 1. The van der Waals surface area contributed by atoms with Crippen molar-refractivity contribution in [1.29, 1.82) is 0 Å². The Hall–Kier alpha value is -3.29. The highest BCUT2D eigenvalue weighted by Crippen LogP contribution is 2.33. The number of carbonyl (C=O) groups is 2. The first-order chi connectivity index (χ1) is 18.2. The molecule has 5 rings (SSSR count). The Morgan fingerprint density at radius 3 is 2.66 bits per heavy atom. The molecular formula is C25H23F3N6O2S2. The molecule has 2 aliphatic rings. The van der Waals surface area contributed by atoms with E-state index in [0.29, 0.717) is 46.0 Å². The summed E-state index contributed by atoms with van der Waals surface area (Å²) in [6, 6.07) is 5.64. The van der Waals surface area contributed by atoms with E-state index in [0.717, 1.165) is 49.8 Å². The molecular weight excluding hydrogens is 537 g/mol. The number of halogens is 3. The second-order valence-electron chi connectivity index (χ2n) is 8.94. The third kappa shape index (κ3) is 6.40. The first-order valence-electron chi connectivity index (χ1n) is 11.9. The molecule has 2 aliphatic heterocycles. The van der Waals surface area contributed by atoms with E-state index in [-0.39, 0.29) is 6.54 Å². The average molecular weight is 561 g/mol. The summed E-state index contributed by atoms with van der Waals surface area (Å²) in [5.41, 5.74) is 1.20. The Labute approximate surface area is 224 Å². The third-order valence-corrected chi connectivity index (χ3v) is 7.74. The second kappa shape index (κ2) is 11.2. The number of pyridine rings is 1. The summed E-state index contributed by atoms with van der Waals surface area (Å²) >= 11 is 2.25. The standard InChI is InChI=1S/C25H23F3N6O2S2/c26-25(27,28)17-9-19(31-20(10-17)16-4-8-37-14-16)13-29-12-15-2-6-34(7-3-15)23-30-5-1-18(32-23)11-21-22(35)33-24(36)38-21/h1,4-5,8-11,14-15,29H,2-3,6-7,12-13H2,(H,33,35,36)/b21-11-. The van der Waals surface area contributed by atoms with Crippen molar-refractivity contribution >= 4 is 46.3 Å². The van der Waals surface area contributed by atoms with Gasteiger partial charge in [0.15, 0.2) is 0 Å². The van der Waals surface area contributed by atoms with Crippen LogP contribution >= 0.6 is 23.1 Å². The van der Waals surface area contributed by atoms with Crippen molar-refractivity contribution in [3.8, 4) is 11.3 Å². The summed E-state index contributed by atoms with van der Waals surface area (Å²) in [5.74, 6) is 0.467. The monoisotopic (exact) mass is 560 g/mol. The molecule has 8 nitrogen and oxygen atoms in total. The molecule has 13 heteroatoms. The smallest absolute Gasteiger partial charge is 0.341 e. The Kier molecular flexibility index (Phi) is 7.77. The van der Waals surface area contributed by atoms with E-state index in [2.05, 4.69) is 30.5 Å². The van der Waals surface area contributed by atoms with Crippen LogP contribution in [0.4, 0.5) is 23.9 Å². The molecule has 3 aromatic rings. The van der Waals surface area contributed by atoms with Crippen molar-refractivity contribution in [1.82, 2.24) is 25.6 Å². The van der Waals surface area contributed by atoms with Crippen molar-refractivity contribution in [2.24, 2.45) is 5.92 Å². The molecule has 2 N–H and O–H groups in total. The zero-order valence-electron chi connectivity index (χ0n) is 20.0. The van der Waals surface area contributed by atoms with Crippen LogP contribution in [0.2, 0.25) is 0 Å². The highest BCUT2D eigenvalue weighted by atomic mass is 32.2. The maximum atomic E-state index is 13.4. The molecule has 3 aromatic heterocycles. The number of aromatic nitrogens is 3. The summed E-state index contributed by atoms with van der Waals surface area (Å²) in [6.07, 6.45) is 0.479. The molecule has 0 spiro atoms. The zero-order valence-corrected chi connectivity index (χ0v) is 21.6. The molecule has 2 amide bonds. The molecule has 5 heterocycles. The number of thioether (sulfide) groups is 1. The lowest BCUT2D eigenvalue weighted by Gasteiger charge is -2.32. The predicted octanol–water partition coefficient (Wildman–Crippen LogP) is 4.95. The quantitative estimate of drug-likeness (QED) is 0.392. The summed E-state index contributed by atoms with van der Waals surface area (Å²) < 4.78 is 40.3. The van der Waals surface area contributed by atoms with E-state index in [1.807, 2.05) is 5.38 Å². The topological polar surface area (TPSA) is 100 Å². The number of nitrogens with zero attached hydrogens (tertiary/aromatic N) is 4. The molecule has 0 aliphatic carbocycles. The van der Waals surface area contributed by atoms with Crippen LogP contribution in [0.5, 0.6) is 0 Å². The summed E-state index contributed by atoms with van der Waals surface area (Å²) in [4.78, 5) is 38.8. The number of carbonyl (C=O) groups excluding carboxylic acids is 2. The predicted molar refractivity (Wildman–Crippen MR) is 140 cm³/mol. The minimum absolute atomic E-state index is 0.245. The van der Waals surface area contributed by atoms with E-state index in [4.69, 9.17) is 0 Å². The minimum atomic E-state index is -4.44. The number of alkyl halides is 3. The van der Waals surface area contributed by atoms with E-state index >= 15 is 0 Å². The normalized spacial score (nSPS) is 17.9. The molecule has 198 valence electrons. The number of nitrogens with one attached hydrogen (secondary N) is 2. The van der Waals surface area contributed by atoms with Crippen LogP contribution in [-0.4, -0.2) is 45.7 Å². The largest absolute Gasteiger partial charge is 0.416 e. The first kappa shape index (κ1) is 26.3. The van der Waals surface area contributed by atoms with E-state index in [1.165, 1.54) is 11.3 Å². The molecule has 2 saturated heterocycles. The SMILES string of the molecule is O=C1NC(=O)/C(=C/c2ccnc(N3CCC(CNCc4cc(C(F)(F)F)cc(-c5ccsc5)n4)CC3)n2)S1. The molecule has 0 aromatic carbocycles. The molecule has 0 unspecified atom stereocenters. The van der Waals surface area contributed by atoms with Crippen LogP contribution in [0.3, 0.4) is 0 Å². The van der Waals surface area contributed by atoms with Crippen molar-refractivity contribution in [2.75, 3.05) is 24.5 Å².